The number of nitrogens with two attached hydrogens (primary N) is 1. The van der Waals surface area contributed by atoms with E-state index in [2.05, 4.69) is 6.92 Å². The Morgan fingerprint density at radius 3 is 2.57 bits per heavy atom. The molecule has 2 heteroatoms. The van der Waals surface area contributed by atoms with E-state index in [0.717, 1.165) is 6.54 Å². The van der Waals surface area contributed by atoms with Crippen LogP contribution in [-0.4, -0.2) is 22.3 Å². The van der Waals surface area contributed by atoms with Gasteiger partial charge in [0.1, 0.15) is 0 Å². The summed E-state index contributed by atoms with van der Waals surface area (Å²) in [5.74, 6) is 0. The summed E-state index contributed by atoms with van der Waals surface area (Å²) >= 11 is 0.389. The van der Waals surface area contributed by atoms with Crippen molar-refractivity contribution in [2.45, 2.75) is 23.8 Å². The zero-order valence-electron chi connectivity index (χ0n) is 4.91. The molecule has 1 atom stereocenters. The molecular formula is C5H14AsN. The maximum absolute atomic E-state index is 5.30. The molecule has 0 fully saturated rings. The second-order valence-electron chi connectivity index (χ2n) is 1.54. The van der Waals surface area contributed by atoms with Gasteiger partial charge in [0, 0.05) is 0 Å². The second kappa shape index (κ2) is 6.52. The normalized spacial score (nSPS) is 11.1. The van der Waals surface area contributed by atoms with Gasteiger partial charge < -0.3 is 0 Å². The Morgan fingerprint density at radius 1 is 1.43 bits per heavy atom. The Labute approximate surface area is 52.3 Å². The molecule has 0 aliphatic heterocycles. The predicted octanol–water partition coefficient (Wildman–Crippen LogP) is 0.628. The first-order valence-electron chi connectivity index (χ1n) is 2.82. The van der Waals surface area contributed by atoms with E-state index < -0.39 is 0 Å². The Kier molecular flexibility index (Phi) is 7.00. The molecule has 1 nitrogen and oxygen atoms in total. The minimum absolute atomic E-state index is 0.389. The van der Waals surface area contributed by atoms with Crippen LogP contribution in [0.25, 0.3) is 0 Å². The fraction of sp³-hybridized carbons (Fsp3) is 1.00. The van der Waals surface area contributed by atoms with Crippen molar-refractivity contribution in [1.82, 2.24) is 0 Å². The quantitative estimate of drug-likeness (QED) is 0.477. The molecule has 0 heterocycles. The van der Waals surface area contributed by atoms with E-state index in [9.17, 15) is 0 Å². The third kappa shape index (κ3) is 6.52. The average Bonchev–Trinajstić information content (AvgIpc) is 1.69. The number of rotatable bonds is 4. The monoisotopic (exact) mass is 163 g/mol. The first-order chi connectivity index (χ1) is 3.41. The summed E-state index contributed by atoms with van der Waals surface area (Å²) < 4.78 is 0. The van der Waals surface area contributed by atoms with Crippen LogP contribution < -0.4 is 5.73 Å². The molecule has 0 saturated carbocycles. The van der Waals surface area contributed by atoms with E-state index in [1.807, 2.05) is 0 Å². The molecule has 7 heavy (non-hydrogen) atoms. The molecule has 0 aliphatic rings. The Hall–Kier alpha value is 0.518. The summed E-state index contributed by atoms with van der Waals surface area (Å²) in [6.45, 7) is 3.15. The van der Waals surface area contributed by atoms with Gasteiger partial charge in [-0.1, -0.05) is 0 Å². The van der Waals surface area contributed by atoms with Crippen molar-refractivity contribution in [3.05, 3.63) is 0 Å². The Morgan fingerprint density at radius 2 is 2.14 bits per heavy atom. The van der Waals surface area contributed by atoms with Gasteiger partial charge in [-0.15, -0.1) is 0 Å². The first-order valence-corrected chi connectivity index (χ1v) is 5.79. The van der Waals surface area contributed by atoms with Crippen molar-refractivity contribution >= 4 is 15.8 Å². The van der Waals surface area contributed by atoms with Crippen LogP contribution in [0.4, 0.5) is 0 Å². The topological polar surface area (TPSA) is 26.0 Å². The standard InChI is InChI=1S/C5H14AsN/c1-2-3-6-4-5-7/h6H,2-5,7H2,1H3. The van der Waals surface area contributed by atoms with Gasteiger partial charge in [0.05, 0.1) is 0 Å². The fourth-order valence-corrected chi connectivity index (χ4v) is 2.10. The summed E-state index contributed by atoms with van der Waals surface area (Å²) in [7, 11) is 0. The second-order valence-corrected chi connectivity index (χ2v) is 4.69. The summed E-state index contributed by atoms with van der Waals surface area (Å²) in [6.07, 6.45) is 1.36. The minimum atomic E-state index is 0.389. The molecule has 0 aromatic heterocycles. The molecule has 0 spiro atoms. The van der Waals surface area contributed by atoms with Crippen molar-refractivity contribution < 1.29 is 0 Å². The summed E-state index contributed by atoms with van der Waals surface area (Å²) in [4.78, 5) is 0. The summed E-state index contributed by atoms with van der Waals surface area (Å²) in [5.41, 5.74) is 5.30. The predicted molar refractivity (Wildman–Crippen MR) is 36.1 cm³/mol. The Bertz CT molecular complexity index is 27.3. The van der Waals surface area contributed by atoms with Crippen LogP contribution in [0, 0.1) is 0 Å². The maximum atomic E-state index is 5.30. The third-order valence-electron chi connectivity index (χ3n) is 0.748. The molecule has 44 valence electrons. The van der Waals surface area contributed by atoms with E-state index in [-0.39, 0.29) is 0 Å². The molecule has 0 bridgehead atoms. The van der Waals surface area contributed by atoms with Gasteiger partial charge in [0.2, 0.25) is 0 Å². The van der Waals surface area contributed by atoms with E-state index in [1.54, 1.807) is 0 Å². The zero-order valence-corrected chi connectivity index (χ0v) is 7.00. The van der Waals surface area contributed by atoms with Gasteiger partial charge in [-0.05, 0) is 0 Å². The van der Waals surface area contributed by atoms with E-state index in [1.165, 1.54) is 16.8 Å². The molecule has 0 radical (unpaired) electrons. The zero-order chi connectivity index (χ0) is 5.54. The molecule has 0 amide bonds. The van der Waals surface area contributed by atoms with Gasteiger partial charge in [0.25, 0.3) is 0 Å². The Balaban J connectivity index is 2.45. The van der Waals surface area contributed by atoms with Gasteiger partial charge >= 0.3 is 51.8 Å². The van der Waals surface area contributed by atoms with Crippen LogP contribution in [0.2, 0.25) is 10.4 Å². The molecule has 0 rings (SSSR count). The first kappa shape index (κ1) is 7.52. The van der Waals surface area contributed by atoms with Crippen molar-refractivity contribution in [2.24, 2.45) is 5.73 Å². The van der Waals surface area contributed by atoms with Crippen LogP contribution in [-0.2, 0) is 0 Å². The number of hydrogen-bond donors (Lipinski definition) is 1. The summed E-state index contributed by atoms with van der Waals surface area (Å²) in [6, 6.07) is 0. The SMILES string of the molecule is CCC[AsH]CCN. The van der Waals surface area contributed by atoms with Crippen LogP contribution >= 0.6 is 0 Å². The molecule has 0 aromatic rings. The van der Waals surface area contributed by atoms with Gasteiger partial charge in [-0.3, -0.25) is 0 Å². The molecule has 1 unspecified atom stereocenters. The molecule has 0 aromatic carbocycles. The average molecular weight is 163 g/mol. The van der Waals surface area contributed by atoms with Gasteiger partial charge in [-0.25, -0.2) is 0 Å². The van der Waals surface area contributed by atoms with E-state index >= 15 is 0 Å². The molecule has 0 aliphatic carbocycles. The van der Waals surface area contributed by atoms with Crippen molar-refractivity contribution in [1.29, 1.82) is 0 Å². The van der Waals surface area contributed by atoms with Crippen LogP contribution in [0.15, 0.2) is 0 Å². The number of hydrogen-bond acceptors (Lipinski definition) is 1. The molecule has 0 saturated heterocycles. The summed E-state index contributed by atoms with van der Waals surface area (Å²) in [5, 5.41) is 2.80. The van der Waals surface area contributed by atoms with E-state index in [4.69, 9.17) is 5.73 Å². The van der Waals surface area contributed by atoms with Gasteiger partial charge in [-0.2, -0.15) is 0 Å². The molecular weight excluding hydrogens is 149 g/mol. The molecule has 2 N–H and O–H groups in total. The van der Waals surface area contributed by atoms with Crippen LogP contribution in [0.5, 0.6) is 0 Å². The fourth-order valence-electron chi connectivity index (χ4n) is 0.404. The van der Waals surface area contributed by atoms with Crippen molar-refractivity contribution in [3.8, 4) is 0 Å². The van der Waals surface area contributed by atoms with Crippen LogP contribution in [0.1, 0.15) is 13.3 Å². The van der Waals surface area contributed by atoms with Crippen molar-refractivity contribution in [3.63, 3.8) is 0 Å². The van der Waals surface area contributed by atoms with Crippen LogP contribution in [0.3, 0.4) is 0 Å². The van der Waals surface area contributed by atoms with Crippen molar-refractivity contribution in [2.75, 3.05) is 6.54 Å². The van der Waals surface area contributed by atoms with E-state index in [0.29, 0.717) is 15.8 Å². The van der Waals surface area contributed by atoms with Gasteiger partial charge in [0.15, 0.2) is 0 Å². The third-order valence-corrected chi connectivity index (χ3v) is 3.89.